The summed E-state index contributed by atoms with van der Waals surface area (Å²) in [7, 11) is 0. The van der Waals surface area contributed by atoms with Gasteiger partial charge in [0.1, 0.15) is 10.8 Å². The van der Waals surface area contributed by atoms with Crippen LogP contribution in [0.15, 0.2) is 42.9 Å². The summed E-state index contributed by atoms with van der Waals surface area (Å²) < 4.78 is 3.74. The largest absolute Gasteiger partial charge is 0.306 e. The quantitative estimate of drug-likeness (QED) is 0.539. The number of imidazole rings is 2. The molecule has 0 spiro atoms. The van der Waals surface area contributed by atoms with Crippen LogP contribution < -0.4 is 0 Å². The van der Waals surface area contributed by atoms with Crippen LogP contribution in [-0.4, -0.2) is 24.0 Å². The molecule has 4 rings (SSSR count). The van der Waals surface area contributed by atoms with Crippen LogP contribution in [0.3, 0.4) is 0 Å². The van der Waals surface area contributed by atoms with Crippen molar-refractivity contribution in [1.29, 1.82) is 0 Å². The molecular weight excluding hydrogens is 274 g/mol. The van der Waals surface area contributed by atoms with E-state index >= 15 is 0 Å². The topological polar surface area (TPSA) is 47.5 Å². The molecular formula is C14H10ClN5. The van der Waals surface area contributed by atoms with Gasteiger partial charge >= 0.3 is 0 Å². The number of hydrogen-bond acceptors (Lipinski definition) is 3. The molecule has 0 aliphatic carbocycles. The van der Waals surface area contributed by atoms with E-state index in [0.29, 0.717) is 5.15 Å². The lowest BCUT2D eigenvalue weighted by molar-refractivity contribution is 0.940. The summed E-state index contributed by atoms with van der Waals surface area (Å²) in [6, 6.07) is 7.59. The molecule has 0 saturated carbocycles. The molecule has 0 aliphatic rings. The molecule has 4 heterocycles. The molecule has 4 aromatic rings. The molecule has 6 heteroatoms. The van der Waals surface area contributed by atoms with Crippen molar-refractivity contribution >= 4 is 22.9 Å². The summed E-state index contributed by atoms with van der Waals surface area (Å²) >= 11 is 5.99. The number of nitrogens with zero attached hydrogens (tertiary/aromatic N) is 5. The highest BCUT2D eigenvalue weighted by Gasteiger charge is 2.13. The summed E-state index contributed by atoms with van der Waals surface area (Å²) in [5, 5.41) is 4.78. The van der Waals surface area contributed by atoms with Crippen LogP contribution in [0.4, 0.5) is 0 Å². The van der Waals surface area contributed by atoms with Crippen LogP contribution in [0, 0.1) is 6.92 Å². The summed E-state index contributed by atoms with van der Waals surface area (Å²) in [6.07, 6.45) is 5.70. The Morgan fingerprint density at radius 3 is 2.85 bits per heavy atom. The van der Waals surface area contributed by atoms with E-state index in [1.807, 2.05) is 41.9 Å². The van der Waals surface area contributed by atoms with E-state index < -0.39 is 0 Å². The summed E-state index contributed by atoms with van der Waals surface area (Å²) in [5.41, 5.74) is 4.58. The molecule has 0 fully saturated rings. The number of aryl methyl sites for hydroxylation is 1. The first-order chi connectivity index (χ1) is 9.72. The number of aromatic nitrogens is 5. The molecule has 0 radical (unpaired) electrons. The zero-order valence-corrected chi connectivity index (χ0v) is 11.4. The van der Waals surface area contributed by atoms with E-state index in [-0.39, 0.29) is 0 Å². The maximum absolute atomic E-state index is 5.99. The van der Waals surface area contributed by atoms with E-state index in [0.717, 1.165) is 28.2 Å². The number of rotatable bonds is 1. The third kappa shape index (κ3) is 1.60. The first kappa shape index (κ1) is 11.4. The Morgan fingerprint density at radius 1 is 1.10 bits per heavy atom. The average molecular weight is 284 g/mol. The van der Waals surface area contributed by atoms with Gasteiger partial charge in [-0.3, -0.25) is 0 Å². The van der Waals surface area contributed by atoms with Crippen LogP contribution in [0.1, 0.15) is 5.69 Å². The Kier molecular flexibility index (Phi) is 2.31. The Bertz CT molecular complexity index is 937. The SMILES string of the molecule is Cc1nc2ccc(Cl)nn2c1-c1ccc2nccn2c1. The van der Waals surface area contributed by atoms with Gasteiger partial charge in [0.15, 0.2) is 5.65 Å². The molecule has 0 N–H and O–H groups in total. The number of hydrogen-bond donors (Lipinski definition) is 0. The third-order valence-electron chi connectivity index (χ3n) is 3.28. The van der Waals surface area contributed by atoms with Gasteiger partial charge in [-0.05, 0) is 31.2 Å². The van der Waals surface area contributed by atoms with Crippen molar-refractivity contribution in [2.45, 2.75) is 6.92 Å². The molecule has 0 bridgehead atoms. The van der Waals surface area contributed by atoms with Crippen molar-refractivity contribution < 1.29 is 0 Å². The van der Waals surface area contributed by atoms with Crippen LogP contribution in [0.25, 0.3) is 22.6 Å². The van der Waals surface area contributed by atoms with E-state index in [1.54, 1.807) is 16.8 Å². The summed E-state index contributed by atoms with van der Waals surface area (Å²) in [5.74, 6) is 0. The average Bonchev–Trinajstić information content (AvgIpc) is 3.00. The smallest absolute Gasteiger partial charge is 0.154 e. The monoisotopic (exact) mass is 283 g/mol. The zero-order valence-electron chi connectivity index (χ0n) is 10.7. The minimum atomic E-state index is 0.444. The second kappa shape index (κ2) is 4.05. The minimum Gasteiger partial charge on any atom is -0.306 e. The van der Waals surface area contributed by atoms with Crippen LogP contribution in [0.5, 0.6) is 0 Å². The van der Waals surface area contributed by atoms with Crippen molar-refractivity contribution in [3.05, 3.63) is 53.7 Å². The van der Waals surface area contributed by atoms with Gasteiger partial charge in [-0.2, -0.15) is 5.10 Å². The van der Waals surface area contributed by atoms with Gasteiger partial charge in [0.25, 0.3) is 0 Å². The van der Waals surface area contributed by atoms with Gasteiger partial charge in [0.05, 0.1) is 11.4 Å². The first-order valence-electron chi connectivity index (χ1n) is 6.17. The van der Waals surface area contributed by atoms with Gasteiger partial charge in [0.2, 0.25) is 0 Å². The molecule has 0 atom stereocenters. The predicted octanol–water partition coefficient (Wildman–Crippen LogP) is 3.01. The van der Waals surface area contributed by atoms with Gasteiger partial charge < -0.3 is 4.40 Å². The Balaban J connectivity index is 2.05. The molecule has 0 aliphatic heterocycles. The lowest BCUT2D eigenvalue weighted by Gasteiger charge is -2.04. The second-order valence-electron chi connectivity index (χ2n) is 4.58. The fraction of sp³-hybridized carbons (Fsp3) is 0.0714. The van der Waals surface area contributed by atoms with Crippen molar-refractivity contribution in [3.63, 3.8) is 0 Å². The number of halogens is 1. The highest BCUT2D eigenvalue weighted by molar-refractivity contribution is 6.29. The van der Waals surface area contributed by atoms with E-state index in [9.17, 15) is 0 Å². The molecule has 4 aromatic heterocycles. The lowest BCUT2D eigenvalue weighted by atomic mass is 10.2. The second-order valence-corrected chi connectivity index (χ2v) is 4.97. The molecule has 0 amide bonds. The van der Waals surface area contributed by atoms with Crippen LogP contribution in [0.2, 0.25) is 5.15 Å². The molecule has 0 unspecified atom stereocenters. The molecule has 5 nitrogen and oxygen atoms in total. The highest BCUT2D eigenvalue weighted by Crippen LogP contribution is 2.25. The van der Waals surface area contributed by atoms with Gasteiger partial charge in [-0.1, -0.05) is 11.6 Å². The zero-order chi connectivity index (χ0) is 13.7. The lowest BCUT2D eigenvalue weighted by Crippen LogP contribution is -1.96. The molecule has 98 valence electrons. The highest BCUT2D eigenvalue weighted by atomic mass is 35.5. The van der Waals surface area contributed by atoms with Crippen LogP contribution >= 0.6 is 11.6 Å². The maximum Gasteiger partial charge on any atom is 0.154 e. The van der Waals surface area contributed by atoms with E-state index in [2.05, 4.69) is 15.1 Å². The van der Waals surface area contributed by atoms with Crippen LogP contribution in [-0.2, 0) is 0 Å². The Hall–Kier alpha value is -2.40. The third-order valence-corrected chi connectivity index (χ3v) is 3.48. The summed E-state index contributed by atoms with van der Waals surface area (Å²) in [4.78, 5) is 8.76. The Morgan fingerprint density at radius 2 is 1.95 bits per heavy atom. The standard InChI is InChI=1S/C14H10ClN5/c1-9-14(20-13(17-9)5-3-11(15)18-20)10-2-4-12-16-6-7-19(12)8-10/h2-8H,1H3. The van der Waals surface area contributed by atoms with Gasteiger partial charge in [0, 0.05) is 24.2 Å². The van der Waals surface area contributed by atoms with Gasteiger partial charge in [-0.25, -0.2) is 14.5 Å². The molecule has 20 heavy (non-hydrogen) atoms. The molecule has 0 aromatic carbocycles. The van der Waals surface area contributed by atoms with E-state index in [1.165, 1.54) is 0 Å². The fourth-order valence-electron chi connectivity index (χ4n) is 2.41. The van der Waals surface area contributed by atoms with Crippen molar-refractivity contribution in [3.8, 4) is 11.3 Å². The minimum absolute atomic E-state index is 0.444. The van der Waals surface area contributed by atoms with Crippen molar-refractivity contribution in [1.82, 2.24) is 24.0 Å². The number of fused-ring (bicyclic) bond motifs is 2. The van der Waals surface area contributed by atoms with Crippen molar-refractivity contribution in [2.24, 2.45) is 0 Å². The van der Waals surface area contributed by atoms with E-state index in [4.69, 9.17) is 11.6 Å². The first-order valence-corrected chi connectivity index (χ1v) is 6.55. The van der Waals surface area contributed by atoms with Crippen molar-refractivity contribution in [2.75, 3.05) is 0 Å². The molecule has 0 saturated heterocycles. The van der Waals surface area contributed by atoms with Gasteiger partial charge in [-0.15, -0.1) is 0 Å². The Labute approximate surface area is 119 Å². The maximum atomic E-state index is 5.99. The normalized spacial score (nSPS) is 11.5. The fourth-order valence-corrected chi connectivity index (χ4v) is 2.55. The summed E-state index contributed by atoms with van der Waals surface area (Å²) in [6.45, 7) is 1.97. The number of pyridine rings is 1. The predicted molar refractivity (Wildman–Crippen MR) is 76.9 cm³/mol.